The lowest BCUT2D eigenvalue weighted by Crippen LogP contribution is -2.39. The minimum absolute atomic E-state index is 0. The number of carbonyl (C=O) groups is 1. The number of guanidine groups is 1. The molecule has 27 heavy (non-hydrogen) atoms. The third kappa shape index (κ3) is 8.99. The quantitative estimate of drug-likeness (QED) is 0.202. The number of hydrogen-bond acceptors (Lipinski definition) is 3. The molecule has 0 unspecified atom stereocenters. The molecule has 0 bridgehead atoms. The van der Waals surface area contributed by atoms with Crippen molar-refractivity contribution < 1.29 is 9.21 Å². The standard InChI is InChI=1S/C20H34N4O2.HI/c1-16-11-15-26-18(16)19(25)22-13-7-14-24-20(21-2)23-12-6-5-10-17-8-3-4-9-17;/h11,15,17H,3-10,12-14H2,1-2H3,(H,22,25)(H2,21,23,24);1H. The van der Waals surface area contributed by atoms with Gasteiger partial charge in [-0.15, -0.1) is 24.0 Å². The minimum atomic E-state index is -0.155. The van der Waals surface area contributed by atoms with Crippen molar-refractivity contribution in [1.29, 1.82) is 0 Å². The molecule has 1 aromatic heterocycles. The van der Waals surface area contributed by atoms with E-state index in [1.54, 1.807) is 13.1 Å². The van der Waals surface area contributed by atoms with E-state index in [1.165, 1.54) is 51.2 Å². The topological polar surface area (TPSA) is 78.7 Å². The Kier molecular flexibility index (Phi) is 12.2. The molecule has 1 saturated carbocycles. The zero-order valence-corrected chi connectivity index (χ0v) is 19.0. The van der Waals surface area contributed by atoms with Crippen LogP contribution in [0.1, 0.15) is 67.5 Å². The van der Waals surface area contributed by atoms with Crippen molar-refractivity contribution in [3.63, 3.8) is 0 Å². The maximum absolute atomic E-state index is 11.9. The maximum Gasteiger partial charge on any atom is 0.287 e. The molecule has 1 aliphatic rings. The van der Waals surface area contributed by atoms with Gasteiger partial charge in [-0.3, -0.25) is 9.79 Å². The van der Waals surface area contributed by atoms with Crippen LogP contribution in [0, 0.1) is 12.8 Å². The number of hydrogen-bond donors (Lipinski definition) is 3. The van der Waals surface area contributed by atoms with Gasteiger partial charge in [0.25, 0.3) is 5.91 Å². The summed E-state index contributed by atoms with van der Waals surface area (Å²) in [6.07, 6.45) is 12.0. The van der Waals surface area contributed by atoms with Crippen molar-refractivity contribution in [3.05, 3.63) is 23.7 Å². The van der Waals surface area contributed by atoms with E-state index in [2.05, 4.69) is 20.9 Å². The summed E-state index contributed by atoms with van der Waals surface area (Å²) < 4.78 is 5.18. The smallest absolute Gasteiger partial charge is 0.287 e. The first kappa shape index (κ1) is 23.8. The summed E-state index contributed by atoms with van der Waals surface area (Å²) in [4.78, 5) is 16.2. The second-order valence-electron chi connectivity index (χ2n) is 7.11. The molecular weight excluding hydrogens is 455 g/mol. The van der Waals surface area contributed by atoms with Gasteiger partial charge in [-0.25, -0.2) is 0 Å². The Morgan fingerprint density at radius 1 is 1.11 bits per heavy atom. The van der Waals surface area contributed by atoms with Crippen LogP contribution in [0.4, 0.5) is 0 Å². The minimum Gasteiger partial charge on any atom is -0.459 e. The van der Waals surface area contributed by atoms with Gasteiger partial charge in [-0.1, -0.05) is 38.5 Å². The maximum atomic E-state index is 11.9. The van der Waals surface area contributed by atoms with E-state index in [4.69, 9.17) is 4.42 Å². The van der Waals surface area contributed by atoms with Gasteiger partial charge in [0.2, 0.25) is 0 Å². The third-order valence-corrected chi connectivity index (χ3v) is 5.03. The number of carbonyl (C=O) groups excluding carboxylic acids is 1. The second-order valence-corrected chi connectivity index (χ2v) is 7.11. The third-order valence-electron chi connectivity index (χ3n) is 5.03. The Hall–Kier alpha value is -1.25. The van der Waals surface area contributed by atoms with E-state index < -0.39 is 0 Å². The highest BCUT2D eigenvalue weighted by Crippen LogP contribution is 2.28. The second kappa shape index (κ2) is 13.8. The van der Waals surface area contributed by atoms with Gasteiger partial charge < -0.3 is 20.4 Å². The molecule has 0 saturated heterocycles. The molecule has 6 nitrogen and oxygen atoms in total. The van der Waals surface area contributed by atoms with E-state index in [9.17, 15) is 4.79 Å². The number of amides is 1. The molecule has 0 radical (unpaired) electrons. The molecule has 2 rings (SSSR count). The fourth-order valence-electron chi connectivity index (χ4n) is 3.47. The van der Waals surface area contributed by atoms with Crippen LogP contribution in [0.25, 0.3) is 0 Å². The van der Waals surface area contributed by atoms with Gasteiger partial charge in [0.15, 0.2) is 11.7 Å². The Morgan fingerprint density at radius 3 is 2.41 bits per heavy atom. The summed E-state index contributed by atoms with van der Waals surface area (Å²) in [5.74, 6) is 2.05. The molecule has 1 aromatic rings. The number of aliphatic imine (C=N–C) groups is 1. The number of furan rings is 1. The molecule has 154 valence electrons. The van der Waals surface area contributed by atoms with Gasteiger partial charge in [0, 0.05) is 32.2 Å². The van der Waals surface area contributed by atoms with Crippen LogP contribution in [0.15, 0.2) is 21.7 Å². The Bertz CT molecular complexity index is 568. The summed E-state index contributed by atoms with van der Waals surface area (Å²) >= 11 is 0. The van der Waals surface area contributed by atoms with Gasteiger partial charge in [-0.2, -0.15) is 0 Å². The van der Waals surface area contributed by atoms with Crippen LogP contribution < -0.4 is 16.0 Å². The lowest BCUT2D eigenvalue weighted by Gasteiger charge is -2.13. The Morgan fingerprint density at radius 2 is 1.78 bits per heavy atom. The molecule has 1 amide bonds. The average Bonchev–Trinajstić information content (AvgIpc) is 3.30. The fourth-order valence-corrected chi connectivity index (χ4v) is 3.47. The van der Waals surface area contributed by atoms with Crippen LogP contribution in [0.5, 0.6) is 0 Å². The Labute approximate surface area is 180 Å². The highest BCUT2D eigenvalue weighted by atomic mass is 127. The SMILES string of the molecule is CN=C(NCCCCC1CCCC1)NCCCNC(=O)c1occc1C.I. The number of nitrogens with one attached hydrogen (secondary N) is 3. The monoisotopic (exact) mass is 490 g/mol. The van der Waals surface area contributed by atoms with Gasteiger partial charge in [0.1, 0.15) is 0 Å². The Balaban J connectivity index is 0.00000364. The van der Waals surface area contributed by atoms with Crippen LogP contribution in [0.3, 0.4) is 0 Å². The summed E-state index contributed by atoms with van der Waals surface area (Å²) in [5.41, 5.74) is 0.859. The van der Waals surface area contributed by atoms with Crippen molar-refractivity contribution >= 4 is 35.8 Å². The zero-order chi connectivity index (χ0) is 18.6. The summed E-state index contributed by atoms with van der Waals surface area (Å²) in [5, 5.41) is 9.52. The molecule has 7 heteroatoms. The highest BCUT2D eigenvalue weighted by molar-refractivity contribution is 14.0. The predicted octanol–water partition coefficient (Wildman–Crippen LogP) is 3.85. The van der Waals surface area contributed by atoms with E-state index in [0.29, 0.717) is 12.3 Å². The van der Waals surface area contributed by atoms with Crippen molar-refractivity contribution in [3.8, 4) is 0 Å². The van der Waals surface area contributed by atoms with Gasteiger partial charge in [0.05, 0.1) is 6.26 Å². The highest BCUT2D eigenvalue weighted by Gasteiger charge is 2.14. The van der Waals surface area contributed by atoms with Crippen molar-refractivity contribution in [1.82, 2.24) is 16.0 Å². The normalized spacial score (nSPS) is 14.7. The molecule has 1 heterocycles. The molecule has 0 atom stereocenters. The first-order chi connectivity index (χ1) is 12.7. The largest absolute Gasteiger partial charge is 0.459 e. The molecule has 0 aromatic carbocycles. The lowest BCUT2D eigenvalue weighted by molar-refractivity contribution is 0.0925. The predicted molar refractivity (Wildman–Crippen MR) is 121 cm³/mol. The first-order valence-corrected chi connectivity index (χ1v) is 9.97. The number of halogens is 1. The van der Waals surface area contributed by atoms with Gasteiger partial charge >= 0.3 is 0 Å². The van der Waals surface area contributed by atoms with E-state index >= 15 is 0 Å². The van der Waals surface area contributed by atoms with Crippen LogP contribution in [-0.4, -0.2) is 38.5 Å². The molecule has 3 N–H and O–H groups in total. The number of nitrogens with zero attached hydrogens (tertiary/aromatic N) is 1. The van der Waals surface area contributed by atoms with Crippen LogP contribution in [0.2, 0.25) is 0 Å². The molecule has 1 aliphatic carbocycles. The van der Waals surface area contributed by atoms with E-state index in [1.807, 2.05) is 6.92 Å². The number of rotatable bonds is 10. The molecule has 0 aliphatic heterocycles. The van der Waals surface area contributed by atoms with Crippen LogP contribution >= 0.6 is 24.0 Å². The average molecular weight is 490 g/mol. The molecular formula is C20H35IN4O2. The van der Waals surface area contributed by atoms with Crippen LogP contribution in [-0.2, 0) is 0 Å². The first-order valence-electron chi connectivity index (χ1n) is 9.97. The van der Waals surface area contributed by atoms with E-state index in [-0.39, 0.29) is 29.9 Å². The lowest BCUT2D eigenvalue weighted by atomic mass is 10.0. The van der Waals surface area contributed by atoms with Crippen molar-refractivity contribution in [2.45, 2.75) is 58.3 Å². The number of unbranched alkanes of at least 4 members (excludes halogenated alkanes) is 1. The molecule has 0 spiro atoms. The zero-order valence-electron chi connectivity index (χ0n) is 16.7. The molecule has 1 fully saturated rings. The van der Waals surface area contributed by atoms with Crippen molar-refractivity contribution in [2.24, 2.45) is 10.9 Å². The van der Waals surface area contributed by atoms with Crippen molar-refractivity contribution in [2.75, 3.05) is 26.7 Å². The number of aryl methyl sites for hydroxylation is 1. The fraction of sp³-hybridized carbons (Fsp3) is 0.700. The summed E-state index contributed by atoms with van der Waals surface area (Å²) in [6.45, 7) is 4.19. The summed E-state index contributed by atoms with van der Waals surface area (Å²) in [6, 6.07) is 1.79. The summed E-state index contributed by atoms with van der Waals surface area (Å²) in [7, 11) is 1.79. The van der Waals surface area contributed by atoms with E-state index in [0.717, 1.165) is 37.0 Å². The van der Waals surface area contributed by atoms with Gasteiger partial charge in [-0.05, 0) is 31.7 Å².